The second-order valence-corrected chi connectivity index (χ2v) is 4.02. The van der Waals surface area contributed by atoms with Crippen LogP contribution in [0.2, 0.25) is 0 Å². The van der Waals surface area contributed by atoms with Crippen molar-refractivity contribution in [1.82, 2.24) is 10.5 Å². The summed E-state index contributed by atoms with van der Waals surface area (Å²) in [6, 6.07) is 8.49. The molecule has 1 aromatic heterocycles. The zero-order chi connectivity index (χ0) is 13.7. The molecule has 1 aromatic carbocycles. The highest BCUT2D eigenvalue weighted by atomic mass is 19.3. The van der Waals surface area contributed by atoms with Gasteiger partial charge < -0.3 is 14.6 Å². The minimum atomic E-state index is -2.82. The number of alkyl halides is 2. The average molecular weight is 268 g/mol. The third-order valence-corrected chi connectivity index (χ3v) is 2.49. The molecule has 0 amide bonds. The summed E-state index contributed by atoms with van der Waals surface area (Å²) in [6.45, 7) is -0.100. The Kier molecular flexibility index (Phi) is 4.46. The van der Waals surface area contributed by atoms with Crippen LogP contribution in [0.5, 0.6) is 5.75 Å². The maximum absolute atomic E-state index is 12.2. The lowest BCUT2D eigenvalue weighted by molar-refractivity contribution is -0.0505. The second-order valence-electron chi connectivity index (χ2n) is 4.02. The lowest BCUT2D eigenvalue weighted by Crippen LogP contribution is -2.14. The largest absolute Gasteiger partial charge is 0.434 e. The van der Waals surface area contributed by atoms with E-state index in [1.54, 1.807) is 18.2 Å². The first-order valence-corrected chi connectivity index (χ1v) is 5.81. The van der Waals surface area contributed by atoms with E-state index in [2.05, 4.69) is 15.2 Å². The molecular formula is C13H14F2N2O2. The van der Waals surface area contributed by atoms with E-state index in [0.29, 0.717) is 18.7 Å². The first-order chi connectivity index (χ1) is 9.15. The molecule has 19 heavy (non-hydrogen) atoms. The third kappa shape index (κ3) is 4.03. The van der Waals surface area contributed by atoms with E-state index >= 15 is 0 Å². The zero-order valence-corrected chi connectivity index (χ0v) is 10.4. The SMILES string of the molecule is Cc1cc(CNCc2ccccc2OC(F)F)no1. The van der Waals surface area contributed by atoms with Gasteiger partial charge in [-0.05, 0) is 13.0 Å². The molecule has 6 heteroatoms. The summed E-state index contributed by atoms with van der Waals surface area (Å²) in [7, 11) is 0. The molecule has 0 spiro atoms. The molecule has 0 saturated heterocycles. The molecule has 0 aliphatic carbocycles. The van der Waals surface area contributed by atoms with Gasteiger partial charge in [-0.2, -0.15) is 8.78 Å². The van der Waals surface area contributed by atoms with Crippen LogP contribution in [0, 0.1) is 6.92 Å². The highest BCUT2D eigenvalue weighted by molar-refractivity contribution is 5.33. The first-order valence-electron chi connectivity index (χ1n) is 5.81. The van der Waals surface area contributed by atoms with E-state index in [9.17, 15) is 8.78 Å². The monoisotopic (exact) mass is 268 g/mol. The van der Waals surface area contributed by atoms with Crippen LogP contribution in [0.3, 0.4) is 0 Å². The number of ether oxygens (including phenoxy) is 1. The molecule has 0 aliphatic rings. The number of hydrogen-bond donors (Lipinski definition) is 1. The molecule has 0 radical (unpaired) electrons. The van der Waals surface area contributed by atoms with Crippen molar-refractivity contribution < 1.29 is 18.0 Å². The maximum Gasteiger partial charge on any atom is 0.387 e. The molecule has 0 aliphatic heterocycles. The zero-order valence-electron chi connectivity index (χ0n) is 10.4. The fourth-order valence-corrected chi connectivity index (χ4v) is 1.69. The number of hydrogen-bond acceptors (Lipinski definition) is 4. The molecule has 0 unspecified atom stereocenters. The van der Waals surface area contributed by atoms with Gasteiger partial charge in [-0.15, -0.1) is 0 Å². The van der Waals surface area contributed by atoms with Gasteiger partial charge in [0, 0.05) is 24.7 Å². The van der Waals surface area contributed by atoms with Crippen LogP contribution < -0.4 is 10.1 Å². The number of benzene rings is 1. The van der Waals surface area contributed by atoms with Crippen LogP contribution in [0.4, 0.5) is 8.78 Å². The molecule has 0 bridgehead atoms. The minimum absolute atomic E-state index is 0.182. The van der Waals surface area contributed by atoms with Gasteiger partial charge in [-0.25, -0.2) is 0 Å². The van der Waals surface area contributed by atoms with Crippen molar-refractivity contribution in [2.75, 3.05) is 0 Å². The van der Waals surface area contributed by atoms with Crippen molar-refractivity contribution in [2.24, 2.45) is 0 Å². The van der Waals surface area contributed by atoms with E-state index in [-0.39, 0.29) is 5.75 Å². The Morgan fingerprint density at radius 1 is 1.32 bits per heavy atom. The molecule has 0 atom stereocenters. The molecule has 0 saturated carbocycles. The van der Waals surface area contributed by atoms with Gasteiger partial charge in [0.05, 0.1) is 5.69 Å². The topological polar surface area (TPSA) is 47.3 Å². The Morgan fingerprint density at radius 3 is 2.79 bits per heavy atom. The predicted octanol–water partition coefficient (Wildman–Crippen LogP) is 2.87. The number of para-hydroxylation sites is 1. The lowest BCUT2D eigenvalue weighted by atomic mass is 10.2. The Labute approximate surface area is 109 Å². The summed E-state index contributed by atoms with van der Waals surface area (Å²) in [5.74, 6) is 0.916. The van der Waals surface area contributed by atoms with Crippen LogP contribution in [-0.2, 0) is 13.1 Å². The van der Waals surface area contributed by atoms with Gasteiger partial charge in [0.15, 0.2) is 0 Å². The summed E-state index contributed by atoms with van der Waals surface area (Å²) in [6.07, 6.45) is 0. The molecule has 2 aromatic rings. The van der Waals surface area contributed by atoms with Gasteiger partial charge in [-0.3, -0.25) is 0 Å². The van der Waals surface area contributed by atoms with Gasteiger partial charge in [0.25, 0.3) is 0 Å². The fraction of sp³-hybridized carbons (Fsp3) is 0.308. The van der Waals surface area contributed by atoms with Crippen LogP contribution in [0.1, 0.15) is 17.0 Å². The lowest BCUT2D eigenvalue weighted by Gasteiger charge is -2.10. The van der Waals surface area contributed by atoms with Crippen molar-refractivity contribution in [3.63, 3.8) is 0 Å². The average Bonchev–Trinajstić information content (AvgIpc) is 2.77. The van der Waals surface area contributed by atoms with Crippen molar-refractivity contribution in [3.8, 4) is 5.75 Å². The first kappa shape index (κ1) is 13.5. The van der Waals surface area contributed by atoms with E-state index in [4.69, 9.17) is 4.52 Å². The number of nitrogens with zero attached hydrogens (tertiary/aromatic N) is 1. The molecule has 4 nitrogen and oxygen atoms in total. The summed E-state index contributed by atoms with van der Waals surface area (Å²) in [4.78, 5) is 0. The van der Waals surface area contributed by atoms with Gasteiger partial charge >= 0.3 is 6.61 Å². The smallest absolute Gasteiger partial charge is 0.387 e. The Hall–Kier alpha value is -1.95. The van der Waals surface area contributed by atoms with Crippen molar-refractivity contribution in [1.29, 1.82) is 0 Å². The van der Waals surface area contributed by atoms with E-state index < -0.39 is 6.61 Å². The molecule has 2 rings (SSSR count). The van der Waals surface area contributed by atoms with E-state index in [1.165, 1.54) is 6.07 Å². The molecule has 1 heterocycles. The summed E-state index contributed by atoms with van der Waals surface area (Å²) < 4.78 is 33.8. The van der Waals surface area contributed by atoms with Crippen LogP contribution >= 0.6 is 0 Å². The number of nitrogens with one attached hydrogen (secondary N) is 1. The maximum atomic E-state index is 12.2. The summed E-state index contributed by atoms with van der Waals surface area (Å²) in [5, 5.41) is 6.93. The molecular weight excluding hydrogens is 254 g/mol. The van der Waals surface area contributed by atoms with Crippen molar-refractivity contribution >= 4 is 0 Å². The third-order valence-electron chi connectivity index (χ3n) is 2.49. The van der Waals surface area contributed by atoms with Gasteiger partial charge in [-0.1, -0.05) is 23.4 Å². The Bertz CT molecular complexity index is 529. The molecule has 102 valence electrons. The second kappa shape index (κ2) is 6.29. The Balaban J connectivity index is 1.92. The van der Waals surface area contributed by atoms with Gasteiger partial charge in [0.2, 0.25) is 0 Å². The van der Waals surface area contributed by atoms with Crippen LogP contribution in [-0.4, -0.2) is 11.8 Å². The summed E-state index contributed by atoms with van der Waals surface area (Å²) >= 11 is 0. The van der Waals surface area contributed by atoms with Crippen molar-refractivity contribution in [3.05, 3.63) is 47.3 Å². The summed E-state index contributed by atoms with van der Waals surface area (Å²) in [5.41, 5.74) is 1.44. The number of rotatable bonds is 6. The normalized spacial score (nSPS) is 10.9. The quantitative estimate of drug-likeness (QED) is 0.875. The molecule has 0 fully saturated rings. The highest BCUT2D eigenvalue weighted by Gasteiger charge is 2.08. The van der Waals surface area contributed by atoms with Crippen molar-refractivity contribution in [2.45, 2.75) is 26.6 Å². The fourth-order valence-electron chi connectivity index (χ4n) is 1.69. The highest BCUT2D eigenvalue weighted by Crippen LogP contribution is 2.20. The van der Waals surface area contributed by atoms with Crippen LogP contribution in [0.15, 0.2) is 34.9 Å². The van der Waals surface area contributed by atoms with Gasteiger partial charge in [0.1, 0.15) is 11.5 Å². The predicted molar refractivity (Wildman–Crippen MR) is 64.9 cm³/mol. The van der Waals surface area contributed by atoms with Crippen LogP contribution in [0.25, 0.3) is 0 Å². The number of aromatic nitrogens is 1. The minimum Gasteiger partial charge on any atom is -0.434 e. The number of halogens is 2. The number of aryl methyl sites for hydroxylation is 1. The molecule has 1 N–H and O–H groups in total. The van der Waals surface area contributed by atoms with E-state index in [0.717, 1.165) is 11.5 Å². The van der Waals surface area contributed by atoms with E-state index in [1.807, 2.05) is 13.0 Å². The standard InChI is InChI=1S/C13H14F2N2O2/c1-9-6-11(17-19-9)8-16-7-10-4-2-3-5-12(10)18-13(14)15/h2-6,13,16H,7-8H2,1H3. The Morgan fingerprint density at radius 2 is 2.11 bits per heavy atom.